The van der Waals surface area contributed by atoms with Gasteiger partial charge in [-0.3, -0.25) is 4.79 Å². The van der Waals surface area contributed by atoms with Crippen LogP contribution < -0.4 is 16.2 Å². The monoisotopic (exact) mass is 381 g/mol. The normalized spacial score (nSPS) is 24.2. The zero-order valence-corrected chi connectivity index (χ0v) is 16.1. The number of benzene rings is 1. The minimum atomic E-state index is -1.20. The van der Waals surface area contributed by atoms with Crippen LogP contribution in [0, 0.1) is 11.8 Å². The maximum absolute atomic E-state index is 12.1. The molecule has 2 fully saturated rings. The van der Waals surface area contributed by atoms with Crippen LogP contribution in [0.3, 0.4) is 0 Å². The van der Waals surface area contributed by atoms with E-state index in [1.807, 2.05) is 19.1 Å². The maximum atomic E-state index is 12.1. The Morgan fingerprint density at radius 2 is 2.00 bits per heavy atom. The van der Waals surface area contributed by atoms with Gasteiger partial charge in [0.25, 0.3) is 5.56 Å². The molecule has 1 aliphatic carbocycles. The van der Waals surface area contributed by atoms with Crippen LogP contribution in [0.5, 0.6) is 0 Å². The number of carboxylic acids is 1. The highest BCUT2D eigenvalue weighted by Gasteiger charge is 2.38. The average Bonchev–Trinajstić information content (AvgIpc) is 3.13. The number of H-pyrrole nitrogens is 1. The molecule has 0 amide bonds. The fraction of sp³-hybridized carbons (Fsp3) is 0.455. The summed E-state index contributed by atoms with van der Waals surface area (Å²) < 4.78 is 0. The molecule has 2 aromatic rings. The van der Waals surface area contributed by atoms with Gasteiger partial charge < -0.3 is 20.7 Å². The Kier molecular flexibility index (Phi) is 4.98. The first kappa shape index (κ1) is 18.7. The summed E-state index contributed by atoms with van der Waals surface area (Å²) in [5, 5.41) is 9.18. The number of aromatic amines is 1. The van der Waals surface area contributed by atoms with Crippen molar-refractivity contribution >= 4 is 11.7 Å². The van der Waals surface area contributed by atoms with Gasteiger partial charge in [-0.2, -0.15) is 0 Å². The predicted octanol–water partition coefficient (Wildman–Crippen LogP) is 2.87. The molecule has 0 bridgehead atoms. The second-order valence-corrected chi connectivity index (χ2v) is 8.04. The minimum absolute atomic E-state index is 0.215. The third kappa shape index (κ3) is 3.33. The zero-order chi connectivity index (χ0) is 19.8. The van der Waals surface area contributed by atoms with E-state index in [1.54, 1.807) is 0 Å². The van der Waals surface area contributed by atoms with Crippen LogP contribution in [0.25, 0.3) is 11.3 Å². The summed E-state index contributed by atoms with van der Waals surface area (Å²) in [6.07, 6.45) is 4.27. The fourth-order valence-corrected chi connectivity index (χ4v) is 4.83. The summed E-state index contributed by atoms with van der Waals surface area (Å²) in [7, 11) is 0. The lowest BCUT2D eigenvalue weighted by atomic mass is 9.78. The molecule has 4 rings (SSSR count). The third-order valence-corrected chi connectivity index (χ3v) is 6.41. The highest BCUT2D eigenvalue weighted by Crippen LogP contribution is 2.38. The lowest BCUT2D eigenvalue weighted by Gasteiger charge is -2.29. The third-order valence-electron chi connectivity index (χ3n) is 6.41. The highest BCUT2D eigenvalue weighted by atomic mass is 16.4. The van der Waals surface area contributed by atoms with Gasteiger partial charge in [-0.1, -0.05) is 25.5 Å². The number of nitrogens with two attached hydrogens (primary N) is 1. The summed E-state index contributed by atoms with van der Waals surface area (Å²) in [6, 6.07) is 9.97. The summed E-state index contributed by atoms with van der Waals surface area (Å²) >= 11 is 0. The van der Waals surface area contributed by atoms with Gasteiger partial charge in [-0.15, -0.1) is 0 Å². The number of anilines is 1. The molecule has 3 atom stereocenters. The number of fused-ring (bicyclic) bond motifs is 1. The molecule has 0 spiro atoms. The van der Waals surface area contributed by atoms with Gasteiger partial charge in [0.1, 0.15) is 5.56 Å². The molecular formula is C22H27N3O3. The van der Waals surface area contributed by atoms with Crippen molar-refractivity contribution < 1.29 is 9.90 Å². The average molecular weight is 381 g/mol. The Morgan fingerprint density at radius 3 is 2.64 bits per heavy atom. The Bertz CT molecular complexity index is 935. The Labute approximate surface area is 164 Å². The molecule has 1 aliphatic heterocycles. The van der Waals surface area contributed by atoms with Gasteiger partial charge in [0, 0.05) is 24.8 Å². The highest BCUT2D eigenvalue weighted by molar-refractivity contribution is 5.88. The van der Waals surface area contributed by atoms with E-state index in [9.17, 15) is 14.7 Å². The molecule has 6 heteroatoms. The van der Waals surface area contributed by atoms with E-state index in [4.69, 9.17) is 5.73 Å². The second kappa shape index (κ2) is 7.43. The van der Waals surface area contributed by atoms with Crippen molar-refractivity contribution in [3.05, 3.63) is 51.8 Å². The van der Waals surface area contributed by atoms with E-state index in [0.29, 0.717) is 30.0 Å². The van der Waals surface area contributed by atoms with Crippen LogP contribution >= 0.6 is 0 Å². The van der Waals surface area contributed by atoms with Gasteiger partial charge in [0.15, 0.2) is 0 Å². The van der Waals surface area contributed by atoms with Gasteiger partial charge in [0.05, 0.1) is 5.69 Å². The van der Waals surface area contributed by atoms with Gasteiger partial charge in [0.2, 0.25) is 0 Å². The summed E-state index contributed by atoms with van der Waals surface area (Å²) in [5.41, 5.74) is 9.14. The quantitative estimate of drug-likeness (QED) is 0.756. The first-order chi connectivity index (χ1) is 13.5. The van der Waals surface area contributed by atoms with Crippen LogP contribution in [0.1, 0.15) is 42.1 Å². The lowest BCUT2D eigenvalue weighted by molar-refractivity contribution is 0.0695. The van der Waals surface area contributed by atoms with Crippen LogP contribution in [0.2, 0.25) is 0 Å². The molecule has 1 saturated carbocycles. The largest absolute Gasteiger partial charge is 0.477 e. The molecule has 28 heavy (non-hydrogen) atoms. The molecule has 4 N–H and O–H groups in total. The molecule has 1 aromatic carbocycles. The Hall–Kier alpha value is -2.60. The number of carboxylic acid groups (broad SMARTS) is 1. The number of hydrogen-bond donors (Lipinski definition) is 3. The SMILES string of the molecule is CCc1cc(C(=O)O)c(=O)[nH]c1-c1ccc(N2C[C@H]3CCC[C@H](N)[C@H]3C2)cc1. The summed E-state index contributed by atoms with van der Waals surface area (Å²) in [6.45, 7) is 4.02. The van der Waals surface area contributed by atoms with Crippen LogP contribution in [0.4, 0.5) is 5.69 Å². The van der Waals surface area contributed by atoms with E-state index in [2.05, 4.69) is 22.0 Å². The molecule has 1 aromatic heterocycles. The molecule has 0 unspecified atom stereocenters. The minimum Gasteiger partial charge on any atom is -0.477 e. The number of hydrogen-bond acceptors (Lipinski definition) is 4. The summed E-state index contributed by atoms with van der Waals surface area (Å²) in [5.74, 6) is 0.0710. The Morgan fingerprint density at radius 1 is 1.25 bits per heavy atom. The number of aryl methyl sites for hydroxylation is 1. The summed E-state index contributed by atoms with van der Waals surface area (Å²) in [4.78, 5) is 28.5. The number of aromatic nitrogens is 1. The smallest absolute Gasteiger partial charge is 0.341 e. The van der Waals surface area contributed by atoms with Crippen molar-refractivity contribution in [2.75, 3.05) is 18.0 Å². The second-order valence-electron chi connectivity index (χ2n) is 8.04. The molecule has 6 nitrogen and oxygen atoms in total. The predicted molar refractivity (Wildman–Crippen MR) is 110 cm³/mol. The van der Waals surface area contributed by atoms with E-state index in [1.165, 1.54) is 24.6 Å². The molecule has 2 aliphatic rings. The molecule has 148 valence electrons. The fourth-order valence-electron chi connectivity index (χ4n) is 4.83. The first-order valence-electron chi connectivity index (χ1n) is 10.1. The maximum Gasteiger partial charge on any atom is 0.341 e. The molecule has 2 heterocycles. The van der Waals surface area contributed by atoms with Crippen LogP contribution in [-0.2, 0) is 6.42 Å². The van der Waals surface area contributed by atoms with Crippen LogP contribution in [0.15, 0.2) is 35.1 Å². The number of carbonyl (C=O) groups is 1. The zero-order valence-electron chi connectivity index (χ0n) is 16.1. The van der Waals surface area contributed by atoms with Crippen LogP contribution in [-0.4, -0.2) is 35.2 Å². The molecule has 0 radical (unpaired) electrons. The van der Waals surface area contributed by atoms with Gasteiger partial charge in [-0.25, -0.2) is 4.79 Å². The van der Waals surface area contributed by atoms with Crippen molar-refractivity contribution in [1.29, 1.82) is 0 Å². The number of rotatable bonds is 4. The van der Waals surface area contributed by atoms with E-state index in [-0.39, 0.29) is 5.56 Å². The standard InChI is InChI=1S/C22H27N3O3/c1-2-13-10-17(22(27)28)21(26)24-20(13)14-6-8-16(9-7-14)25-11-15-4-3-5-19(23)18(15)12-25/h6-10,15,18-19H,2-5,11-12,23H2,1H3,(H,24,26)(H,27,28)/t15-,18+,19+/m1/s1. The number of aromatic carboxylic acids is 1. The number of pyridine rings is 1. The Balaban J connectivity index is 1.60. The first-order valence-corrected chi connectivity index (χ1v) is 10.1. The van der Waals surface area contributed by atoms with E-state index < -0.39 is 11.5 Å². The van der Waals surface area contributed by atoms with Crippen molar-refractivity contribution in [3.8, 4) is 11.3 Å². The van der Waals surface area contributed by atoms with E-state index in [0.717, 1.165) is 30.6 Å². The number of nitrogens with zero attached hydrogens (tertiary/aromatic N) is 1. The van der Waals surface area contributed by atoms with Gasteiger partial charge >= 0.3 is 5.97 Å². The molecular weight excluding hydrogens is 354 g/mol. The van der Waals surface area contributed by atoms with E-state index >= 15 is 0 Å². The van der Waals surface area contributed by atoms with Crippen molar-refractivity contribution in [3.63, 3.8) is 0 Å². The van der Waals surface area contributed by atoms with Crippen molar-refractivity contribution in [2.45, 2.75) is 38.6 Å². The topological polar surface area (TPSA) is 99.4 Å². The van der Waals surface area contributed by atoms with Crippen molar-refractivity contribution in [1.82, 2.24) is 4.98 Å². The molecule has 1 saturated heterocycles. The number of nitrogens with one attached hydrogen (secondary N) is 1. The van der Waals surface area contributed by atoms with Crippen molar-refractivity contribution in [2.24, 2.45) is 17.6 Å². The lowest BCUT2D eigenvalue weighted by Crippen LogP contribution is -2.38. The van der Waals surface area contributed by atoms with Gasteiger partial charge in [-0.05, 0) is 60.4 Å².